The van der Waals surface area contributed by atoms with E-state index in [2.05, 4.69) is 6.07 Å². The molecule has 0 saturated heterocycles. The van der Waals surface area contributed by atoms with Gasteiger partial charge in [-0.05, 0) is 30.5 Å². The molecule has 0 N–H and O–H groups in total. The molecule has 1 aromatic rings. The number of benzene rings is 1. The summed E-state index contributed by atoms with van der Waals surface area (Å²) in [5.74, 6) is 0. The van der Waals surface area contributed by atoms with Gasteiger partial charge in [0.05, 0.1) is 0 Å². The van der Waals surface area contributed by atoms with Crippen LogP contribution in [0.3, 0.4) is 0 Å². The Morgan fingerprint density at radius 3 is 2.67 bits per heavy atom. The molecule has 0 unspecified atom stereocenters. The van der Waals surface area contributed by atoms with Gasteiger partial charge in [0, 0.05) is 15.6 Å². The van der Waals surface area contributed by atoms with E-state index in [1.54, 1.807) is 0 Å². The minimum atomic E-state index is 0.759. The number of hydrogen-bond donors (Lipinski definition) is 0. The van der Waals surface area contributed by atoms with Crippen molar-refractivity contribution in [3.05, 3.63) is 39.9 Å². The van der Waals surface area contributed by atoms with Crippen molar-refractivity contribution in [3.63, 3.8) is 0 Å². The van der Waals surface area contributed by atoms with Crippen molar-refractivity contribution in [1.29, 1.82) is 0 Å². The average Bonchev–Trinajstić information content (AvgIpc) is 2.29. The van der Waals surface area contributed by atoms with Crippen LogP contribution < -0.4 is 0 Å². The third-order valence-electron chi connectivity index (χ3n) is 2.15. The number of hydrogen-bond acceptors (Lipinski definition) is 0. The van der Waals surface area contributed by atoms with Crippen LogP contribution in [-0.2, 0) is 6.42 Å². The van der Waals surface area contributed by atoms with Gasteiger partial charge in [0.25, 0.3) is 0 Å². The molecule has 12 heavy (non-hydrogen) atoms. The zero-order valence-electron chi connectivity index (χ0n) is 6.70. The molecule has 0 aromatic heterocycles. The highest BCUT2D eigenvalue weighted by Gasteiger charge is 2.19. The number of allylic oxidation sites excluding steroid dienone is 1. The van der Waals surface area contributed by atoms with E-state index < -0.39 is 0 Å². The van der Waals surface area contributed by atoms with Crippen molar-refractivity contribution >= 4 is 28.2 Å². The fourth-order valence-electron chi connectivity index (χ4n) is 1.54. The van der Waals surface area contributed by atoms with Gasteiger partial charge in [0.1, 0.15) is 0 Å². The molecule has 1 aromatic carbocycles. The lowest BCUT2D eigenvalue weighted by Crippen LogP contribution is -1.82. The van der Waals surface area contributed by atoms with Crippen molar-refractivity contribution in [3.8, 4) is 0 Å². The average molecular weight is 199 g/mol. The molecule has 0 heterocycles. The second-order valence-corrected chi connectivity index (χ2v) is 3.83. The first-order valence-electron chi connectivity index (χ1n) is 3.83. The first-order chi connectivity index (χ1) is 5.70. The summed E-state index contributed by atoms with van der Waals surface area (Å²) in [6, 6.07) is 5.91. The molecule has 0 saturated carbocycles. The molecular weight excluding hydrogens is 191 g/mol. The van der Waals surface area contributed by atoms with Gasteiger partial charge in [0.2, 0.25) is 0 Å². The summed E-state index contributed by atoms with van der Waals surface area (Å²) < 4.78 is 0. The summed E-state index contributed by atoms with van der Waals surface area (Å²) in [5, 5.41) is 1.59. The van der Waals surface area contributed by atoms with Gasteiger partial charge in [-0.15, -0.1) is 0 Å². The third-order valence-corrected chi connectivity index (χ3v) is 2.98. The zero-order chi connectivity index (χ0) is 8.72. The fraction of sp³-hybridized carbons (Fsp3) is 0.200. The van der Waals surface area contributed by atoms with Crippen LogP contribution in [0, 0.1) is 0 Å². The molecule has 62 valence electrons. The monoisotopic (exact) mass is 198 g/mol. The van der Waals surface area contributed by atoms with E-state index in [9.17, 15) is 0 Å². The van der Waals surface area contributed by atoms with E-state index in [0.29, 0.717) is 0 Å². The summed E-state index contributed by atoms with van der Waals surface area (Å²) in [7, 11) is 0. The summed E-state index contributed by atoms with van der Waals surface area (Å²) in [5.41, 5.74) is 3.48. The van der Waals surface area contributed by atoms with Gasteiger partial charge in [0.15, 0.2) is 0 Å². The quantitative estimate of drug-likeness (QED) is 0.594. The van der Waals surface area contributed by atoms with Gasteiger partial charge in [-0.1, -0.05) is 35.3 Å². The van der Waals surface area contributed by atoms with E-state index in [1.807, 2.05) is 19.1 Å². The lowest BCUT2D eigenvalue weighted by molar-refractivity contribution is 1.19. The summed E-state index contributed by atoms with van der Waals surface area (Å²) in [6.45, 7) is 2.04. The molecule has 0 bridgehead atoms. The van der Waals surface area contributed by atoms with Crippen LogP contribution in [-0.4, -0.2) is 0 Å². The van der Waals surface area contributed by atoms with Crippen LogP contribution in [0.25, 0.3) is 5.03 Å². The van der Waals surface area contributed by atoms with Gasteiger partial charge >= 0.3 is 0 Å². The summed E-state index contributed by atoms with van der Waals surface area (Å²) >= 11 is 12.1. The van der Waals surface area contributed by atoms with Crippen LogP contribution >= 0.6 is 23.2 Å². The standard InChI is InChI=1S/C10H8Cl2/c1-6-5-7-3-2-4-8(11)9(7)10(6)12/h2-4H,5H2,1H3. The van der Waals surface area contributed by atoms with Gasteiger partial charge in [-0.3, -0.25) is 0 Å². The maximum absolute atomic E-state index is 6.09. The summed E-state index contributed by atoms with van der Waals surface area (Å²) in [6.07, 6.45) is 0.939. The lowest BCUT2D eigenvalue weighted by atomic mass is 10.1. The van der Waals surface area contributed by atoms with Crippen LogP contribution in [0.5, 0.6) is 0 Å². The normalized spacial score (nSPS) is 15.2. The second kappa shape index (κ2) is 2.79. The highest BCUT2D eigenvalue weighted by Crippen LogP contribution is 2.39. The molecule has 1 aliphatic rings. The van der Waals surface area contributed by atoms with Crippen LogP contribution in [0.15, 0.2) is 23.8 Å². The predicted molar refractivity (Wildman–Crippen MR) is 53.6 cm³/mol. The third kappa shape index (κ3) is 1.07. The Hall–Kier alpha value is -0.460. The molecule has 2 rings (SSSR count). The Morgan fingerprint density at radius 2 is 2.00 bits per heavy atom. The Morgan fingerprint density at radius 1 is 1.25 bits per heavy atom. The summed E-state index contributed by atoms with van der Waals surface area (Å²) in [4.78, 5) is 0. The van der Waals surface area contributed by atoms with Crippen molar-refractivity contribution in [2.45, 2.75) is 13.3 Å². The van der Waals surface area contributed by atoms with Crippen LogP contribution in [0.2, 0.25) is 5.02 Å². The van der Waals surface area contributed by atoms with E-state index >= 15 is 0 Å². The van der Waals surface area contributed by atoms with Crippen LogP contribution in [0.1, 0.15) is 18.1 Å². The van der Waals surface area contributed by atoms with E-state index in [-0.39, 0.29) is 0 Å². The number of rotatable bonds is 0. The Balaban J connectivity index is 2.67. The largest absolute Gasteiger partial charge is 0.0837 e. The molecule has 0 amide bonds. The first kappa shape index (κ1) is 8.15. The lowest BCUT2D eigenvalue weighted by Gasteiger charge is -2.00. The molecule has 1 aliphatic carbocycles. The highest BCUT2D eigenvalue weighted by molar-refractivity contribution is 6.51. The number of fused-ring (bicyclic) bond motifs is 1. The fourth-order valence-corrected chi connectivity index (χ4v) is 2.17. The van der Waals surface area contributed by atoms with Crippen molar-refractivity contribution < 1.29 is 0 Å². The molecule has 0 aliphatic heterocycles. The molecule has 0 spiro atoms. The maximum Gasteiger partial charge on any atom is 0.0496 e. The maximum atomic E-state index is 6.09. The second-order valence-electron chi connectivity index (χ2n) is 3.05. The van der Waals surface area contributed by atoms with Gasteiger partial charge in [-0.25, -0.2) is 0 Å². The molecular formula is C10H8Cl2. The number of halogens is 2. The van der Waals surface area contributed by atoms with Gasteiger partial charge in [-0.2, -0.15) is 0 Å². The Kier molecular flexibility index (Phi) is 1.90. The zero-order valence-corrected chi connectivity index (χ0v) is 8.21. The minimum Gasteiger partial charge on any atom is -0.0837 e. The molecule has 2 heteroatoms. The minimum absolute atomic E-state index is 0.759. The highest BCUT2D eigenvalue weighted by atomic mass is 35.5. The van der Waals surface area contributed by atoms with E-state index in [4.69, 9.17) is 23.2 Å². The first-order valence-corrected chi connectivity index (χ1v) is 4.59. The topological polar surface area (TPSA) is 0 Å². The smallest absolute Gasteiger partial charge is 0.0496 e. The van der Waals surface area contributed by atoms with E-state index in [0.717, 1.165) is 22.0 Å². The SMILES string of the molecule is CC1=C(Cl)c2c(Cl)cccc2C1. The predicted octanol–water partition coefficient (Wildman–Crippen LogP) is 3.87. The van der Waals surface area contributed by atoms with Crippen LogP contribution in [0.4, 0.5) is 0 Å². The van der Waals surface area contributed by atoms with Crippen molar-refractivity contribution in [2.75, 3.05) is 0 Å². The molecule has 0 fully saturated rings. The van der Waals surface area contributed by atoms with Crippen molar-refractivity contribution in [1.82, 2.24) is 0 Å². The van der Waals surface area contributed by atoms with Crippen molar-refractivity contribution in [2.24, 2.45) is 0 Å². The van der Waals surface area contributed by atoms with E-state index in [1.165, 1.54) is 11.1 Å². The Bertz CT molecular complexity index is 364. The molecule has 0 nitrogen and oxygen atoms in total. The molecule has 0 atom stereocenters. The Labute approximate surface area is 81.8 Å². The van der Waals surface area contributed by atoms with Gasteiger partial charge < -0.3 is 0 Å². The molecule has 0 radical (unpaired) electrons.